The highest BCUT2D eigenvalue weighted by Crippen LogP contribution is 2.22. The maximum absolute atomic E-state index is 13.0. The zero-order valence-corrected chi connectivity index (χ0v) is 13.6. The zero-order chi connectivity index (χ0) is 17.5. The summed E-state index contributed by atoms with van der Waals surface area (Å²) in [4.78, 5) is 23.7. The minimum atomic E-state index is -1.03. The van der Waals surface area contributed by atoms with Crippen LogP contribution in [0.4, 0.5) is 10.1 Å². The smallest absolute Gasteiger partial charge is 0.331 e. The van der Waals surface area contributed by atoms with Crippen molar-refractivity contribution in [2.24, 2.45) is 0 Å². The number of rotatable bonds is 5. The molecule has 124 valence electrons. The highest BCUT2D eigenvalue weighted by molar-refractivity contribution is 6.33. The summed E-state index contributed by atoms with van der Waals surface area (Å²) < 4.78 is 18.0. The number of nitrogens with one attached hydrogen (secondary N) is 1. The van der Waals surface area contributed by atoms with E-state index in [1.165, 1.54) is 25.1 Å². The van der Waals surface area contributed by atoms with Crippen LogP contribution in [-0.2, 0) is 14.3 Å². The fourth-order valence-corrected chi connectivity index (χ4v) is 2.04. The molecule has 0 aliphatic heterocycles. The van der Waals surface area contributed by atoms with E-state index in [4.69, 9.17) is 16.3 Å². The van der Waals surface area contributed by atoms with E-state index >= 15 is 0 Å². The highest BCUT2D eigenvalue weighted by Gasteiger charge is 2.17. The third kappa shape index (κ3) is 5.21. The Kier molecular flexibility index (Phi) is 6.09. The second-order valence-corrected chi connectivity index (χ2v) is 5.34. The van der Waals surface area contributed by atoms with E-state index in [0.717, 1.165) is 11.6 Å². The molecule has 0 spiro atoms. The Hall–Kier alpha value is -2.66. The Balaban J connectivity index is 1.91. The van der Waals surface area contributed by atoms with Gasteiger partial charge in [-0.05, 0) is 36.8 Å². The molecule has 1 amide bonds. The Morgan fingerprint density at radius 2 is 1.92 bits per heavy atom. The van der Waals surface area contributed by atoms with Gasteiger partial charge in [0, 0.05) is 6.08 Å². The first-order valence-corrected chi connectivity index (χ1v) is 7.53. The summed E-state index contributed by atoms with van der Waals surface area (Å²) in [5.41, 5.74) is 1.08. The standard InChI is InChI=1S/C18H15ClFNO3/c1-12(18(23)21-16-9-8-14(20)11-15(16)19)24-17(22)10-7-13-5-3-2-4-6-13/h2-12H,1H3,(H,21,23)/b10-7+/t12-/m1/s1. The van der Waals surface area contributed by atoms with Gasteiger partial charge in [-0.25, -0.2) is 9.18 Å². The van der Waals surface area contributed by atoms with Crippen molar-refractivity contribution in [1.82, 2.24) is 0 Å². The molecule has 0 aromatic heterocycles. The number of halogens is 2. The molecule has 1 atom stereocenters. The van der Waals surface area contributed by atoms with Crippen molar-refractivity contribution in [3.8, 4) is 0 Å². The van der Waals surface area contributed by atoms with E-state index in [2.05, 4.69) is 5.32 Å². The lowest BCUT2D eigenvalue weighted by atomic mass is 10.2. The molecule has 2 aromatic rings. The van der Waals surface area contributed by atoms with Crippen LogP contribution in [0.25, 0.3) is 6.08 Å². The molecule has 4 nitrogen and oxygen atoms in total. The first-order valence-electron chi connectivity index (χ1n) is 7.15. The van der Waals surface area contributed by atoms with Gasteiger partial charge in [-0.1, -0.05) is 41.9 Å². The number of amides is 1. The van der Waals surface area contributed by atoms with Crippen molar-refractivity contribution in [2.45, 2.75) is 13.0 Å². The quantitative estimate of drug-likeness (QED) is 0.655. The lowest BCUT2D eigenvalue weighted by Gasteiger charge is -2.13. The third-order valence-corrected chi connectivity index (χ3v) is 3.38. The van der Waals surface area contributed by atoms with Gasteiger partial charge in [0.25, 0.3) is 5.91 Å². The monoisotopic (exact) mass is 347 g/mol. The fourth-order valence-electron chi connectivity index (χ4n) is 1.82. The number of hydrogen-bond acceptors (Lipinski definition) is 3. The maximum atomic E-state index is 13.0. The van der Waals surface area contributed by atoms with E-state index in [1.807, 2.05) is 30.3 Å². The van der Waals surface area contributed by atoms with Crippen LogP contribution in [0.3, 0.4) is 0 Å². The molecule has 6 heteroatoms. The molecule has 0 heterocycles. The molecule has 0 fully saturated rings. The number of carbonyl (C=O) groups is 2. The van der Waals surface area contributed by atoms with Crippen molar-refractivity contribution in [3.63, 3.8) is 0 Å². The van der Waals surface area contributed by atoms with Crippen molar-refractivity contribution >= 4 is 35.2 Å². The van der Waals surface area contributed by atoms with Gasteiger partial charge >= 0.3 is 5.97 Å². The second kappa shape index (κ2) is 8.26. The van der Waals surface area contributed by atoms with Gasteiger partial charge in [0.05, 0.1) is 10.7 Å². The van der Waals surface area contributed by atoms with Crippen LogP contribution in [0.15, 0.2) is 54.6 Å². The third-order valence-electron chi connectivity index (χ3n) is 3.06. The maximum Gasteiger partial charge on any atom is 0.331 e. The summed E-state index contributed by atoms with van der Waals surface area (Å²) >= 11 is 5.83. The Morgan fingerprint density at radius 1 is 1.21 bits per heavy atom. The van der Waals surface area contributed by atoms with E-state index < -0.39 is 23.8 Å². The van der Waals surface area contributed by atoms with Crippen molar-refractivity contribution in [1.29, 1.82) is 0 Å². The summed E-state index contributed by atoms with van der Waals surface area (Å²) in [7, 11) is 0. The van der Waals surface area contributed by atoms with E-state index in [-0.39, 0.29) is 10.7 Å². The average molecular weight is 348 g/mol. The van der Waals surface area contributed by atoms with Crippen LogP contribution in [0.5, 0.6) is 0 Å². The van der Waals surface area contributed by atoms with Gasteiger partial charge in [-0.15, -0.1) is 0 Å². The Bertz CT molecular complexity index is 762. The van der Waals surface area contributed by atoms with Crippen molar-refractivity contribution < 1.29 is 18.7 Å². The van der Waals surface area contributed by atoms with Gasteiger partial charge in [0.2, 0.25) is 0 Å². The van der Waals surface area contributed by atoms with Gasteiger partial charge in [-0.3, -0.25) is 4.79 Å². The molecule has 2 aromatic carbocycles. The minimum Gasteiger partial charge on any atom is -0.449 e. The summed E-state index contributed by atoms with van der Waals surface area (Å²) in [6.45, 7) is 1.43. The van der Waals surface area contributed by atoms with E-state index in [1.54, 1.807) is 6.08 Å². The van der Waals surface area contributed by atoms with Crippen LogP contribution in [-0.4, -0.2) is 18.0 Å². The van der Waals surface area contributed by atoms with Gasteiger partial charge in [0.15, 0.2) is 6.10 Å². The van der Waals surface area contributed by atoms with E-state index in [0.29, 0.717) is 0 Å². The fraction of sp³-hybridized carbons (Fsp3) is 0.111. The molecule has 1 N–H and O–H groups in total. The summed E-state index contributed by atoms with van der Waals surface area (Å²) in [5.74, 6) is -1.72. The molecule has 0 radical (unpaired) electrons. The summed E-state index contributed by atoms with van der Waals surface area (Å²) in [6.07, 6.45) is 1.80. The molecule has 0 saturated heterocycles. The number of hydrogen-bond donors (Lipinski definition) is 1. The molecule has 0 bridgehead atoms. The Labute approximate surface area is 143 Å². The number of esters is 1. The average Bonchev–Trinajstić information content (AvgIpc) is 2.56. The van der Waals surface area contributed by atoms with Crippen LogP contribution in [0.2, 0.25) is 5.02 Å². The lowest BCUT2D eigenvalue weighted by Crippen LogP contribution is -2.29. The van der Waals surface area contributed by atoms with E-state index in [9.17, 15) is 14.0 Å². The minimum absolute atomic E-state index is 0.0610. The van der Waals surface area contributed by atoms with Crippen LogP contribution in [0.1, 0.15) is 12.5 Å². The molecule has 0 saturated carbocycles. The SMILES string of the molecule is C[C@@H](OC(=O)/C=C/c1ccccc1)C(=O)Nc1ccc(F)cc1Cl. The first-order chi connectivity index (χ1) is 11.5. The van der Waals surface area contributed by atoms with Crippen molar-refractivity contribution in [2.75, 3.05) is 5.32 Å². The molecule has 0 aliphatic carbocycles. The Morgan fingerprint density at radius 3 is 2.58 bits per heavy atom. The first kappa shape index (κ1) is 17.7. The summed E-state index contributed by atoms with van der Waals surface area (Å²) in [6, 6.07) is 12.8. The van der Waals surface area contributed by atoms with Gasteiger partial charge in [0.1, 0.15) is 5.82 Å². The molecule has 0 unspecified atom stereocenters. The zero-order valence-electron chi connectivity index (χ0n) is 12.8. The lowest BCUT2D eigenvalue weighted by molar-refractivity contribution is -0.148. The van der Waals surface area contributed by atoms with Gasteiger partial charge in [-0.2, -0.15) is 0 Å². The predicted molar refractivity (Wildman–Crippen MR) is 91.1 cm³/mol. The van der Waals surface area contributed by atoms with Crippen LogP contribution < -0.4 is 5.32 Å². The molecular weight excluding hydrogens is 333 g/mol. The molecule has 24 heavy (non-hydrogen) atoms. The normalized spacial score (nSPS) is 12.0. The second-order valence-electron chi connectivity index (χ2n) is 4.94. The van der Waals surface area contributed by atoms with Crippen molar-refractivity contribution in [3.05, 3.63) is 71.0 Å². The number of carbonyl (C=O) groups excluding carboxylic acids is 2. The van der Waals surface area contributed by atoms with Crippen LogP contribution >= 0.6 is 11.6 Å². The number of ether oxygens (including phenoxy) is 1. The topological polar surface area (TPSA) is 55.4 Å². The summed E-state index contributed by atoms with van der Waals surface area (Å²) in [5, 5.41) is 2.54. The largest absolute Gasteiger partial charge is 0.449 e. The number of anilines is 1. The molecule has 2 rings (SSSR count). The number of benzene rings is 2. The van der Waals surface area contributed by atoms with Crippen LogP contribution in [0, 0.1) is 5.82 Å². The molecular formula is C18H15ClFNO3. The highest BCUT2D eigenvalue weighted by atomic mass is 35.5. The van der Waals surface area contributed by atoms with Gasteiger partial charge < -0.3 is 10.1 Å². The predicted octanol–water partition coefficient (Wildman–Crippen LogP) is 4.06. The molecule has 0 aliphatic rings.